The van der Waals surface area contributed by atoms with E-state index in [4.69, 9.17) is 9.47 Å². The summed E-state index contributed by atoms with van der Waals surface area (Å²) in [5.41, 5.74) is -2.80. The summed E-state index contributed by atoms with van der Waals surface area (Å²) >= 11 is 1.25. The van der Waals surface area contributed by atoms with E-state index in [2.05, 4.69) is 0 Å². The van der Waals surface area contributed by atoms with Crippen LogP contribution in [-0.4, -0.2) is 35.7 Å². The topological polar surface area (TPSA) is 86.7 Å². The number of carbonyl (C=O) groups is 4. The van der Waals surface area contributed by atoms with E-state index in [1.165, 1.54) is 18.3 Å². The lowest BCUT2D eigenvalue weighted by Gasteiger charge is -2.31. The fraction of sp³-hybridized carbons (Fsp3) is 0.500. The highest BCUT2D eigenvalue weighted by Gasteiger charge is 2.52. The Morgan fingerprint density at radius 1 is 1.03 bits per heavy atom. The van der Waals surface area contributed by atoms with Gasteiger partial charge in [0.2, 0.25) is 0 Å². The molecule has 0 fully saturated rings. The molecule has 1 atom stereocenters. The average molecular weight is 447 g/mol. The molecule has 1 heterocycles. The van der Waals surface area contributed by atoms with Crippen molar-refractivity contribution in [1.29, 1.82) is 0 Å². The minimum atomic E-state index is -1.94. The second kappa shape index (κ2) is 10.2. The number of ketones is 2. The number of hydrogen-bond donors (Lipinski definition) is 0. The van der Waals surface area contributed by atoms with Gasteiger partial charge < -0.3 is 9.47 Å². The van der Waals surface area contributed by atoms with Crippen LogP contribution >= 0.6 is 11.3 Å². The Morgan fingerprint density at radius 2 is 1.71 bits per heavy atom. The maximum atomic E-state index is 13.6. The van der Waals surface area contributed by atoms with Crippen LogP contribution in [0.2, 0.25) is 0 Å². The Kier molecular flexibility index (Phi) is 8.12. The summed E-state index contributed by atoms with van der Waals surface area (Å²) in [6.45, 7) is 8.35. The number of fused-ring (bicyclic) bond motifs is 1. The normalized spacial score (nSPS) is 13.5. The van der Waals surface area contributed by atoms with Crippen LogP contribution in [0.5, 0.6) is 0 Å². The van der Waals surface area contributed by atoms with E-state index in [0.717, 1.165) is 10.1 Å². The van der Waals surface area contributed by atoms with Crippen LogP contribution in [-0.2, 0) is 23.9 Å². The standard InChI is InChI=1S/C24H30O6S/c1-6-29-20(26)13-9-10-14-24(16(2)25,22(28)30-23(3,4)5)21(27)19-15-17-11-7-8-12-18(17)31-19/h7-8,11-12,15H,6,9-10,13-14H2,1-5H3. The number of unbranched alkanes of at least 4 members (excludes halogenated alkanes) is 1. The Hall–Kier alpha value is -2.54. The zero-order valence-corrected chi connectivity index (χ0v) is 19.6. The molecule has 1 aromatic heterocycles. The van der Waals surface area contributed by atoms with Gasteiger partial charge in [-0.2, -0.15) is 0 Å². The van der Waals surface area contributed by atoms with E-state index in [0.29, 0.717) is 24.3 Å². The molecular formula is C24H30O6S. The summed E-state index contributed by atoms with van der Waals surface area (Å²) < 4.78 is 11.4. The summed E-state index contributed by atoms with van der Waals surface area (Å²) in [4.78, 5) is 51.7. The van der Waals surface area contributed by atoms with Gasteiger partial charge >= 0.3 is 11.9 Å². The van der Waals surface area contributed by atoms with Crippen molar-refractivity contribution < 1.29 is 28.7 Å². The van der Waals surface area contributed by atoms with Crippen LogP contribution in [0.25, 0.3) is 10.1 Å². The smallest absolute Gasteiger partial charge is 0.328 e. The number of ether oxygens (including phenoxy) is 2. The molecule has 31 heavy (non-hydrogen) atoms. The molecule has 2 rings (SSSR count). The fourth-order valence-corrected chi connectivity index (χ4v) is 4.43. The summed E-state index contributed by atoms with van der Waals surface area (Å²) in [5.74, 6) is -2.29. The highest BCUT2D eigenvalue weighted by atomic mass is 32.1. The molecule has 0 spiro atoms. The molecule has 0 aliphatic heterocycles. The summed E-state index contributed by atoms with van der Waals surface area (Å²) in [7, 11) is 0. The number of esters is 2. The number of rotatable bonds is 10. The number of carbonyl (C=O) groups excluding carboxylic acids is 4. The molecule has 2 aromatic rings. The van der Waals surface area contributed by atoms with Crippen molar-refractivity contribution in [3.63, 3.8) is 0 Å². The predicted molar refractivity (Wildman–Crippen MR) is 120 cm³/mol. The van der Waals surface area contributed by atoms with Crippen LogP contribution in [0.3, 0.4) is 0 Å². The van der Waals surface area contributed by atoms with Gasteiger partial charge in [-0.1, -0.05) is 24.6 Å². The fourth-order valence-electron chi connectivity index (χ4n) is 3.35. The molecule has 7 heteroatoms. The van der Waals surface area contributed by atoms with Crippen molar-refractivity contribution in [1.82, 2.24) is 0 Å². The first-order valence-corrected chi connectivity index (χ1v) is 11.3. The monoisotopic (exact) mass is 446 g/mol. The van der Waals surface area contributed by atoms with Crippen LogP contribution in [0.15, 0.2) is 30.3 Å². The minimum Gasteiger partial charge on any atom is -0.466 e. The van der Waals surface area contributed by atoms with Gasteiger partial charge in [0.05, 0.1) is 11.5 Å². The molecule has 0 aliphatic rings. The van der Waals surface area contributed by atoms with E-state index in [9.17, 15) is 19.2 Å². The average Bonchev–Trinajstić information content (AvgIpc) is 3.10. The van der Waals surface area contributed by atoms with E-state index in [1.54, 1.807) is 33.8 Å². The quantitative estimate of drug-likeness (QED) is 0.218. The van der Waals surface area contributed by atoms with E-state index in [1.807, 2.05) is 24.3 Å². The first-order chi connectivity index (χ1) is 14.5. The van der Waals surface area contributed by atoms with Crippen LogP contribution < -0.4 is 0 Å². The number of thiophene rings is 1. The molecule has 6 nitrogen and oxygen atoms in total. The molecule has 0 amide bonds. The zero-order valence-electron chi connectivity index (χ0n) is 18.8. The van der Waals surface area contributed by atoms with Crippen molar-refractivity contribution in [3.05, 3.63) is 35.2 Å². The first-order valence-electron chi connectivity index (χ1n) is 10.4. The molecule has 0 saturated heterocycles. The lowest BCUT2D eigenvalue weighted by atomic mass is 9.74. The Balaban J connectivity index is 2.38. The van der Waals surface area contributed by atoms with Crippen LogP contribution in [0.1, 0.15) is 70.0 Å². The van der Waals surface area contributed by atoms with Gasteiger partial charge in [0.15, 0.2) is 17.0 Å². The molecule has 0 bridgehead atoms. The van der Waals surface area contributed by atoms with Gasteiger partial charge in [-0.05, 0) is 65.0 Å². The van der Waals surface area contributed by atoms with Crippen molar-refractivity contribution in [2.75, 3.05) is 6.61 Å². The largest absolute Gasteiger partial charge is 0.466 e. The van der Waals surface area contributed by atoms with Gasteiger partial charge in [0, 0.05) is 11.1 Å². The first kappa shape index (κ1) is 24.7. The zero-order chi connectivity index (χ0) is 23.2. The number of benzene rings is 1. The van der Waals surface area contributed by atoms with E-state index < -0.39 is 28.6 Å². The Bertz CT molecular complexity index is 935. The number of Topliss-reactive ketones (excluding diaryl/α,β-unsaturated/α-hetero) is 2. The van der Waals surface area contributed by atoms with E-state index >= 15 is 0 Å². The lowest BCUT2D eigenvalue weighted by molar-refractivity contribution is -0.167. The third-order valence-corrected chi connectivity index (χ3v) is 5.99. The van der Waals surface area contributed by atoms with Gasteiger partial charge in [0.1, 0.15) is 5.60 Å². The Labute approximate surface area is 186 Å². The van der Waals surface area contributed by atoms with Crippen molar-refractivity contribution in [2.45, 2.75) is 65.9 Å². The number of hydrogen-bond acceptors (Lipinski definition) is 7. The maximum absolute atomic E-state index is 13.6. The maximum Gasteiger partial charge on any atom is 0.328 e. The summed E-state index contributed by atoms with van der Waals surface area (Å²) in [6.07, 6.45) is 0.863. The molecule has 0 saturated carbocycles. The molecule has 0 N–H and O–H groups in total. The third-order valence-electron chi connectivity index (χ3n) is 4.87. The van der Waals surface area contributed by atoms with E-state index in [-0.39, 0.29) is 18.8 Å². The SMILES string of the molecule is CCOC(=O)CCCCC(C(C)=O)(C(=O)OC(C)(C)C)C(=O)c1cc2ccccc2s1. The summed E-state index contributed by atoms with van der Waals surface area (Å²) in [5, 5.41) is 0.875. The van der Waals surface area contributed by atoms with Crippen molar-refractivity contribution in [3.8, 4) is 0 Å². The highest BCUT2D eigenvalue weighted by Crippen LogP contribution is 2.37. The van der Waals surface area contributed by atoms with Crippen molar-refractivity contribution >= 4 is 44.9 Å². The second-order valence-electron chi connectivity index (χ2n) is 8.45. The second-order valence-corrected chi connectivity index (χ2v) is 9.54. The van der Waals surface area contributed by atoms with Gasteiger partial charge in [-0.25, -0.2) is 0 Å². The van der Waals surface area contributed by atoms with Crippen molar-refractivity contribution in [2.24, 2.45) is 5.41 Å². The van der Waals surface area contributed by atoms with Crippen LogP contribution in [0, 0.1) is 5.41 Å². The highest BCUT2D eigenvalue weighted by molar-refractivity contribution is 7.21. The van der Waals surface area contributed by atoms with Gasteiger partial charge in [-0.15, -0.1) is 11.3 Å². The molecule has 1 aromatic carbocycles. The molecular weight excluding hydrogens is 416 g/mol. The van der Waals surface area contributed by atoms with Gasteiger partial charge in [-0.3, -0.25) is 19.2 Å². The third kappa shape index (κ3) is 6.00. The predicted octanol–water partition coefficient (Wildman–Crippen LogP) is 5.12. The molecule has 0 aliphatic carbocycles. The summed E-state index contributed by atoms with van der Waals surface area (Å²) in [6, 6.07) is 9.21. The molecule has 0 radical (unpaired) electrons. The Morgan fingerprint density at radius 3 is 2.29 bits per heavy atom. The molecule has 168 valence electrons. The minimum absolute atomic E-state index is 0.0241. The lowest BCUT2D eigenvalue weighted by Crippen LogP contribution is -2.48. The van der Waals surface area contributed by atoms with Gasteiger partial charge in [0.25, 0.3) is 0 Å². The molecule has 1 unspecified atom stereocenters. The van der Waals surface area contributed by atoms with Crippen LogP contribution in [0.4, 0.5) is 0 Å².